The maximum atomic E-state index is 8.68. The first-order chi connectivity index (χ1) is 6.36. The zero-order valence-corrected chi connectivity index (χ0v) is 7.87. The van der Waals surface area contributed by atoms with Gasteiger partial charge in [0.25, 0.3) is 0 Å². The molecule has 0 aromatic rings. The summed E-state index contributed by atoms with van der Waals surface area (Å²) in [5, 5.41) is 17.0. The van der Waals surface area contributed by atoms with Gasteiger partial charge in [-0.05, 0) is 38.9 Å². The maximum absolute atomic E-state index is 8.68. The van der Waals surface area contributed by atoms with E-state index in [1.54, 1.807) is 0 Å². The molecule has 1 fully saturated rings. The second kappa shape index (κ2) is 5.56. The molecular formula is C10H15N3. The molecule has 70 valence electrons. The van der Waals surface area contributed by atoms with Crippen LogP contribution in [0.25, 0.3) is 0 Å². The van der Waals surface area contributed by atoms with E-state index in [1.165, 1.54) is 0 Å². The van der Waals surface area contributed by atoms with Crippen molar-refractivity contribution in [3.05, 3.63) is 0 Å². The number of unbranched alkanes of at least 4 members (excludes halogenated alkanes) is 1. The lowest BCUT2D eigenvalue weighted by Gasteiger charge is -2.28. The van der Waals surface area contributed by atoms with Crippen LogP contribution in [0.2, 0.25) is 0 Å². The van der Waals surface area contributed by atoms with Crippen molar-refractivity contribution in [1.29, 1.82) is 10.5 Å². The van der Waals surface area contributed by atoms with Crippen molar-refractivity contribution in [2.75, 3.05) is 19.6 Å². The first-order valence-electron chi connectivity index (χ1n) is 4.85. The van der Waals surface area contributed by atoms with Crippen molar-refractivity contribution < 1.29 is 0 Å². The van der Waals surface area contributed by atoms with Gasteiger partial charge in [-0.25, -0.2) is 0 Å². The van der Waals surface area contributed by atoms with Crippen molar-refractivity contribution in [2.45, 2.75) is 25.7 Å². The summed E-state index contributed by atoms with van der Waals surface area (Å²) in [5.41, 5.74) is 0. The van der Waals surface area contributed by atoms with E-state index >= 15 is 0 Å². The predicted octanol–water partition coefficient (Wildman–Crippen LogP) is 1.53. The molecule has 0 aromatic carbocycles. The van der Waals surface area contributed by atoms with Crippen LogP contribution in [-0.2, 0) is 0 Å². The number of nitriles is 2. The molecule has 1 saturated heterocycles. The molecule has 1 heterocycles. The monoisotopic (exact) mass is 177 g/mol. The van der Waals surface area contributed by atoms with E-state index in [1.807, 2.05) is 0 Å². The van der Waals surface area contributed by atoms with Crippen molar-refractivity contribution in [3.8, 4) is 12.1 Å². The van der Waals surface area contributed by atoms with E-state index in [4.69, 9.17) is 10.5 Å². The van der Waals surface area contributed by atoms with Gasteiger partial charge < -0.3 is 4.90 Å². The summed E-state index contributed by atoms with van der Waals surface area (Å²) in [5.74, 6) is 0.271. The molecule has 0 radical (unpaired) electrons. The molecule has 0 aromatic heterocycles. The van der Waals surface area contributed by atoms with Crippen LogP contribution in [0, 0.1) is 28.6 Å². The van der Waals surface area contributed by atoms with Gasteiger partial charge in [-0.3, -0.25) is 0 Å². The van der Waals surface area contributed by atoms with E-state index in [-0.39, 0.29) is 5.92 Å². The fourth-order valence-corrected chi connectivity index (χ4v) is 1.67. The van der Waals surface area contributed by atoms with Crippen LogP contribution >= 0.6 is 0 Å². The highest BCUT2D eigenvalue weighted by molar-refractivity contribution is 4.87. The summed E-state index contributed by atoms with van der Waals surface area (Å²) >= 11 is 0. The number of likely N-dealkylation sites (tertiary alicyclic amines) is 1. The van der Waals surface area contributed by atoms with Crippen LogP contribution in [0.3, 0.4) is 0 Å². The van der Waals surface area contributed by atoms with Gasteiger partial charge >= 0.3 is 0 Å². The molecule has 1 aliphatic heterocycles. The largest absolute Gasteiger partial charge is 0.303 e. The highest BCUT2D eigenvalue weighted by Crippen LogP contribution is 2.15. The van der Waals surface area contributed by atoms with Crippen LogP contribution in [0.15, 0.2) is 0 Å². The van der Waals surface area contributed by atoms with Crippen LogP contribution in [0.4, 0.5) is 0 Å². The van der Waals surface area contributed by atoms with Crippen molar-refractivity contribution in [3.63, 3.8) is 0 Å². The topological polar surface area (TPSA) is 50.8 Å². The Hall–Kier alpha value is -1.06. The van der Waals surface area contributed by atoms with E-state index in [9.17, 15) is 0 Å². The first-order valence-corrected chi connectivity index (χ1v) is 4.85. The SMILES string of the molecule is N#CCCCN1CCC(C#N)CC1. The normalized spacial score (nSPS) is 19.2. The average Bonchev–Trinajstić information content (AvgIpc) is 2.19. The Kier molecular flexibility index (Phi) is 4.29. The second-order valence-electron chi connectivity index (χ2n) is 3.51. The van der Waals surface area contributed by atoms with Gasteiger partial charge in [0.1, 0.15) is 0 Å². The Labute approximate surface area is 79.6 Å². The Morgan fingerprint density at radius 1 is 1.23 bits per heavy atom. The fourth-order valence-electron chi connectivity index (χ4n) is 1.67. The molecule has 0 spiro atoms. The summed E-state index contributed by atoms with van der Waals surface area (Å²) in [7, 11) is 0. The minimum absolute atomic E-state index is 0.271. The van der Waals surface area contributed by atoms with Gasteiger partial charge in [0.15, 0.2) is 0 Å². The number of hydrogen-bond acceptors (Lipinski definition) is 3. The van der Waals surface area contributed by atoms with Gasteiger partial charge in [-0.1, -0.05) is 0 Å². The summed E-state index contributed by atoms with van der Waals surface area (Å²) < 4.78 is 0. The molecule has 0 unspecified atom stereocenters. The molecule has 0 aliphatic carbocycles. The molecule has 1 aliphatic rings. The van der Waals surface area contributed by atoms with E-state index < -0.39 is 0 Å². The highest BCUT2D eigenvalue weighted by Gasteiger charge is 2.17. The van der Waals surface area contributed by atoms with Crippen LogP contribution in [0.1, 0.15) is 25.7 Å². The van der Waals surface area contributed by atoms with Crippen molar-refractivity contribution in [2.24, 2.45) is 5.92 Å². The third-order valence-corrected chi connectivity index (χ3v) is 2.53. The van der Waals surface area contributed by atoms with E-state index in [0.717, 1.165) is 38.9 Å². The minimum Gasteiger partial charge on any atom is -0.303 e. The smallest absolute Gasteiger partial charge is 0.0656 e. The Bertz CT molecular complexity index is 213. The standard InChI is InChI=1S/C10H15N3/c11-5-1-2-6-13-7-3-10(9-12)4-8-13/h10H,1-4,6-8H2. The predicted molar refractivity (Wildman–Crippen MR) is 49.6 cm³/mol. The fraction of sp³-hybridized carbons (Fsp3) is 0.800. The van der Waals surface area contributed by atoms with Gasteiger partial charge in [-0.15, -0.1) is 0 Å². The third-order valence-electron chi connectivity index (χ3n) is 2.53. The molecule has 0 N–H and O–H groups in total. The van der Waals surface area contributed by atoms with E-state index in [2.05, 4.69) is 17.0 Å². The summed E-state index contributed by atoms with van der Waals surface area (Å²) in [6, 6.07) is 4.46. The second-order valence-corrected chi connectivity index (χ2v) is 3.51. The lowest BCUT2D eigenvalue weighted by Crippen LogP contribution is -2.33. The minimum atomic E-state index is 0.271. The average molecular weight is 177 g/mol. The van der Waals surface area contributed by atoms with Gasteiger partial charge in [0.2, 0.25) is 0 Å². The number of rotatable bonds is 3. The van der Waals surface area contributed by atoms with Crippen molar-refractivity contribution >= 4 is 0 Å². The molecule has 0 bridgehead atoms. The Morgan fingerprint density at radius 3 is 2.46 bits per heavy atom. The number of nitrogens with zero attached hydrogens (tertiary/aromatic N) is 3. The summed E-state index contributed by atoms with van der Waals surface area (Å²) in [6.07, 6.45) is 3.62. The molecule has 3 nitrogen and oxygen atoms in total. The quantitative estimate of drug-likeness (QED) is 0.614. The van der Waals surface area contributed by atoms with Gasteiger partial charge in [0, 0.05) is 12.3 Å². The third kappa shape index (κ3) is 3.44. The van der Waals surface area contributed by atoms with E-state index in [0.29, 0.717) is 6.42 Å². The lowest BCUT2D eigenvalue weighted by atomic mass is 9.98. The van der Waals surface area contributed by atoms with Crippen LogP contribution in [0.5, 0.6) is 0 Å². The molecular weight excluding hydrogens is 162 g/mol. The molecule has 13 heavy (non-hydrogen) atoms. The first kappa shape index (κ1) is 10.0. The summed E-state index contributed by atoms with van der Waals surface area (Å²) in [6.45, 7) is 3.08. The number of piperidine rings is 1. The molecule has 0 atom stereocenters. The van der Waals surface area contributed by atoms with Crippen molar-refractivity contribution in [1.82, 2.24) is 4.90 Å². The van der Waals surface area contributed by atoms with Gasteiger partial charge in [0.05, 0.1) is 12.1 Å². The summed E-state index contributed by atoms with van der Waals surface area (Å²) in [4.78, 5) is 2.35. The van der Waals surface area contributed by atoms with Crippen LogP contribution < -0.4 is 0 Å². The number of hydrogen-bond donors (Lipinski definition) is 0. The molecule has 3 heteroatoms. The van der Waals surface area contributed by atoms with Crippen LogP contribution in [-0.4, -0.2) is 24.5 Å². The zero-order chi connectivity index (χ0) is 9.52. The van der Waals surface area contributed by atoms with Gasteiger partial charge in [-0.2, -0.15) is 10.5 Å². The zero-order valence-electron chi connectivity index (χ0n) is 7.87. The molecule has 0 amide bonds. The molecule has 0 saturated carbocycles. The highest BCUT2D eigenvalue weighted by atomic mass is 15.1. The Morgan fingerprint density at radius 2 is 1.92 bits per heavy atom. The molecule has 1 rings (SSSR count). The lowest BCUT2D eigenvalue weighted by molar-refractivity contribution is 0.204. The Balaban J connectivity index is 2.12. The maximum Gasteiger partial charge on any atom is 0.0656 e.